The summed E-state index contributed by atoms with van der Waals surface area (Å²) >= 11 is 4.14. The molecule has 0 aromatic heterocycles. The van der Waals surface area contributed by atoms with E-state index < -0.39 is 0 Å². The van der Waals surface area contributed by atoms with Crippen LogP contribution in [0.4, 0.5) is 0 Å². The monoisotopic (exact) mass is 216 g/mol. The highest BCUT2D eigenvalue weighted by Gasteiger charge is 2.23. The van der Waals surface area contributed by atoms with Crippen molar-refractivity contribution in [2.75, 3.05) is 6.61 Å². The molecular formula is C11H20O2S. The zero-order chi connectivity index (χ0) is 11.2. The third-order valence-electron chi connectivity index (χ3n) is 2.14. The number of rotatable bonds is 6. The van der Waals surface area contributed by atoms with Gasteiger partial charge in [0, 0.05) is 6.42 Å². The number of thiol groups is 1. The Morgan fingerprint density at radius 2 is 2.21 bits per heavy atom. The molecule has 0 aliphatic carbocycles. The summed E-state index contributed by atoms with van der Waals surface area (Å²) in [5.74, 6) is 0.168. The zero-order valence-corrected chi connectivity index (χ0v) is 10.1. The van der Waals surface area contributed by atoms with Gasteiger partial charge in [-0.25, -0.2) is 0 Å². The van der Waals surface area contributed by atoms with Crippen molar-refractivity contribution >= 4 is 12.6 Å². The predicted molar refractivity (Wildman–Crippen MR) is 63.8 cm³/mol. The molecule has 0 aliphatic rings. The van der Waals surface area contributed by atoms with Crippen LogP contribution in [0.15, 0.2) is 23.3 Å². The molecule has 0 spiro atoms. The molecule has 14 heavy (non-hydrogen) atoms. The van der Waals surface area contributed by atoms with Crippen LogP contribution in [-0.4, -0.2) is 17.3 Å². The van der Waals surface area contributed by atoms with Crippen molar-refractivity contribution in [3.8, 4) is 0 Å². The van der Waals surface area contributed by atoms with Gasteiger partial charge in [0.2, 0.25) is 0 Å². The van der Waals surface area contributed by atoms with Gasteiger partial charge in [0.1, 0.15) is 0 Å². The molecule has 0 saturated carbocycles. The van der Waals surface area contributed by atoms with Crippen LogP contribution in [-0.2, 0) is 4.74 Å². The molecule has 0 heterocycles. The van der Waals surface area contributed by atoms with Crippen LogP contribution in [0.2, 0.25) is 0 Å². The Bertz CT molecular complexity index is 219. The van der Waals surface area contributed by atoms with E-state index in [9.17, 15) is 0 Å². The van der Waals surface area contributed by atoms with Gasteiger partial charge in [-0.3, -0.25) is 0 Å². The van der Waals surface area contributed by atoms with Crippen LogP contribution < -0.4 is 0 Å². The number of allylic oxidation sites excluding steroid dienone is 1. The summed E-state index contributed by atoms with van der Waals surface area (Å²) in [5, 5.41) is 9.12. The SMILES string of the molecule is C=C(O)CC(C)(CC)OC/C=C(\C)S. The molecule has 0 aromatic carbocycles. The minimum absolute atomic E-state index is 0.168. The topological polar surface area (TPSA) is 29.5 Å². The van der Waals surface area contributed by atoms with Crippen LogP contribution in [0.5, 0.6) is 0 Å². The molecule has 82 valence electrons. The van der Waals surface area contributed by atoms with Gasteiger partial charge in [0.25, 0.3) is 0 Å². The Balaban J connectivity index is 4.12. The van der Waals surface area contributed by atoms with E-state index in [0.717, 1.165) is 11.3 Å². The molecule has 1 unspecified atom stereocenters. The number of aliphatic hydroxyl groups excluding tert-OH is 1. The summed E-state index contributed by atoms with van der Waals surface area (Å²) in [6, 6.07) is 0. The van der Waals surface area contributed by atoms with Crippen molar-refractivity contribution < 1.29 is 9.84 Å². The maximum absolute atomic E-state index is 9.12. The summed E-state index contributed by atoms with van der Waals surface area (Å²) in [6.07, 6.45) is 3.21. The molecule has 0 fully saturated rings. The fourth-order valence-electron chi connectivity index (χ4n) is 1.07. The molecule has 0 rings (SSSR count). The normalized spacial score (nSPS) is 16.4. The first kappa shape index (κ1) is 13.6. The molecule has 0 radical (unpaired) electrons. The molecule has 0 bridgehead atoms. The first-order valence-corrected chi connectivity index (χ1v) is 5.21. The third-order valence-corrected chi connectivity index (χ3v) is 2.32. The standard InChI is InChI=1S/C11H20O2S/c1-5-11(4,8-9(2)12)13-7-6-10(3)14/h6,12,14H,2,5,7-8H2,1,3-4H3/b10-6+. The number of hydrogen-bond donors (Lipinski definition) is 2. The van der Waals surface area contributed by atoms with Gasteiger partial charge >= 0.3 is 0 Å². The van der Waals surface area contributed by atoms with Crippen molar-refractivity contribution in [3.05, 3.63) is 23.3 Å². The highest BCUT2D eigenvalue weighted by molar-refractivity contribution is 7.84. The Morgan fingerprint density at radius 3 is 2.57 bits per heavy atom. The average molecular weight is 216 g/mol. The Labute approximate surface area is 92.1 Å². The summed E-state index contributed by atoms with van der Waals surface area (Å²) in [4.78, 5) is 0.936. The molecule has 0 amide bonds. The minimum atomic E-state index is -0.328. The molecule has 0 saturated heterocycles. The van der Waals surface area contributed by atoms with Crippen molar-refractivity contribution in [1.82, 2.24) is 0 Å². The molecule has 0 aromatic rings. The van der Waals surface area contributed by atoms with E-state index in [2.05, 4.69) is 19.2 Å². The third kappa shape index (κ3) is 6.11. The lowest BCUT2D eigenvalue weighted by atomic mass is 9.98. The highest BCUT2D eigenvalue weighted by Crippen LogP contribution is 2.22. The average Bonchev–Trinajstić information content (AvgIpc) is 2.02. The van der Waals surface area contributed by atoms with E-state index in [1.165, 1.54) is 0 Å². The second kappa shape index (κ2) is 6.14. The van der Waals surface area contributed by atoms with Crippen molar-refractivity contribution in [1.29, 1.82) is 0 Å². The fourth-order valence-corrected chi connectivity index (χ4v) is 1.15. The molecular weight excluding hydrogens is 196 g/mol. The second-order valence-corrected chi connectivity index (χ2v) is 4.41. The fraction of sp³-hybridized carbons (Fsp3) is 0.636. The van der Waals surface area contributed by atoms with Gasteiger partial charge < -0.3 is 9.84 Å². The maximum Gasteiger partial charge on any atom is 0.0879 e. The van der Waals surface area contributed by atoms with Gasteiger partial charge in [-0.05, 0) is 31.2 Å². The Hall–Kier alpha value is -0.410. The largest absolute Gasteiger partial charge is 0.513 e. The van der Waals surface area contributed by atoms with Gasteiger partial charge in [0.15, 0.2) is 0 Å². The Kier molecular flexibility index (Phi) is 5.96. The van der Waals surface area contributed by atoms with Crippen LogP contribution in [0.1, 0.15) is 33.6 Å². The van der Waals surface area contributed by atoms with Crippen LogP contribution in [0, 0.1) is 0 Å². The van der Waals surface area contributed by atoms with E-state index in [1.807, 2.05) is 26.8 Å². The lowest BCUT2D eigenvalue weighted by Crippen LogP contribution is -2.28. The van der Waals surface area contributed by atoms with Gasteiger partial charge in [-0.2, -0.15) is 0 Å². The van der Waals surface area contributed by atoms with E-state index in [-0.39, 0.29) is 11.4 Å². The van der Waals surface area contributed by atoms with Crippen LogP contribution in [0.3, 0.4) is 0 Å². The highest BCUT2D eigenvalue weighted by atomic mass is 32.1. The number of ether oxygens (including phenoxy) is 1. The van der Waals surface area contributed by atoms with E-state index in [1.54, 1.807) is 0 Å². The molecule has 2 nitrogen and oxygen atoms in total. The predicted octanol–water partition coefficient (Wildman–Crippen LogP) is 3.47. The summed E-state index contributed by atoms with van der Waals surface area (Å²) in [5.41, 5.74) is -0.328. The van der Waals surface area contributed by atoms with Crippen LogP contribution in [0.25, 0.3) is 0 Å². The van der Waals surface area contributed by atoms with Crippen molar-refractivity contribution in [2.45, 2.75) is 39.2 Å². The van der Waals surface area contributed by atoms with Crippen LogP contribution >= 0.6 is 12.6 Å². The van der Waals surface area contributed by atoms with E-state index in [0.29, 0.717) is 13.0 Å². The van der Waals surface area contributed by atoms with E-state index >= 15 is 0 Å². The minimum Gasteiger partial charge on any atom is -0.513 e. The number of aliphatic hydroxyl groups is 1. The Morgan fingerprint density at radius 1 is 1.64 bits per heavy atom. The summed E-state index contributed by atoms with van der Waals surface area (Å²) in [7, 11) is 0. The second-order valence-electron chi connectivity index (χ2n) is 3.70. The first-order chi connectivity index (χ1) is 6.39. The lowest BCUT2D eigenvalue weighted by molar-refractivity contribution is -0.0248. The quantitative estimate of drug-likeness (QED) is 0.526. The van der Waals surface area contributed by atoms with Crippen molar-refractivity contribution in [3.63, 3.8) is 0 Å². The van der Waals surface area contributed by atoms with Gasteiger partial charge in [-0.15, -0.1) is 12.6 Å². The van der Waals surface area contributed by atoms with Gasteiger partial charge in [0.05, 0.1) is 18.0 Å². The maximum atomic E-state index is 9.12. The zero-order valence-electron chi connectivity index (χ0n) is 9.21. The number of hydrogen-bond acceptors (Lipinski definition) is 3. The smallest absolute Gasteiger partial charge is 0.0879 e. The molecule has 0 aliphatic heterocycles. The molecule has 1 atom stereocenters. The van der Waals surface area contributed by atoms with Crippen molar-refractivity contribution in [2.24, 2.45) is 0 Å². The molecule has 3 heteroatoms. The van der Waals surface area contributed by atoms with Gasteiger partial charge in [-0.1, -0.05) is 13.5 Å². The molecule has 1 N–H and O–H groups in total. The first-order valence-electron chi connectivity index (χ1n) is 4.76. The summed E-state index contributed by atoms with van der Waals surface area (Å²) < 4.78 is 5.65. The lowest BCUT2D eigenvalue weighted by Gasteiger charge is -2.27. The summed E-state index contributed by atoms with van der Waals surface area (Å²) in [6.45, 7) is 9.90. The van der Waals surface area contributed by atoms with E-state index in [4.69, 9.17) is 9.84 Å².